The van der Waals surface area contributed by atoms with Crippen molar-refractivity contribution in [1.82, 2.24) is 0 Å². The number of hydrogen-bond donors (Lipinski definition) is 2. The van der Waals surface area contributed by atoms with E-state index in [1.54, 1.807) is 12.1 Å². The first-order valence-electron chi connectivity index (χ1n) is 6.21. The van der Waals surface area contributed by atoms with Crippen LogP contribution in [0.5, 0.6) is 0 Å². The number of benzene rings is 2. The second-order valence-corrected chi connectivity index (χ2v) is 4.25. The molecule has 7 heteroatoms. The Morgan fingerprint density at radius 1 is 1.00 bits per heavy atom. The van der Waals surface area contributed by atoms with Crippen LogP contribution in [0.25, 0.3) is 0 Å². The molecular weight excluding hydrogens is 294 g/mol. The average molecular weight is 306 g/mol. The lowest BCUT2D eigenvalue weighted by Gasteiger charge is -2.10. The molecule has 0 saturated carbocycles. The number of para-hydroxylation sites is 1. The molecule has 2 N–H and O–H groups in total. The van der Waals surface area contributed by atoms with Crippen molar-refractivity contribution in [3.05, 3.63) is 59.7 Å². The summed E-state index contributed by atoms with van der Waals surface area (Å²) in [6.45, 7) is 0. The molecule has 2 aromatic rings. The third-order valence-electron chi connectivity index (χ3n) is 2.76. The van der Waals surface area contributed by atoms with Crippen molar-refractivity contribution in [1.29, 1.82) is 0 Å². The lowest BCUT2D eigenvalue weighted by molar-refractivity contribution is 0.0602. The van der Waals surface area contributed by atoms with Crippen LogP contribution in [-0.2, 0) is 4.74 Å². The standard InChI is InChI=1S/C15H12F2N2O3/c1-22-14(20)10-4-2-3-5-13(10)19-15(21)18-9-6-7-11(16)12(17)8-9/h2-8H,1H3,(H2,18,19,21). The molecule has 2 amide bonds. The predicted molar refractivity (Wildman–Crippen MR) is 76.8 cm³/mol. The van der Waals surface area contributed by atoms with Crippen LogP contribution in [0.15, 0.2) is 42.5 Å². The maximum Gasteiger partial charge on any atom is 0.339 e. The number of carbonyl (C=O) groups is 2. The molecule has 0 saturated heterocycles. The highest BCUT2D eigenvalue weighted by Gasteiger charge is 2.13. The van der Waals surface area contributed by atoms with Gasteiger partial charge in [0.05, 0.1) is 18.4 Å². The molecule has 0 radical (unpaired) electrons. The van der Waals surface area contributed by atoms with Crippen LogP contribution in [0.1, 0.15) is 10.4 Å². The minimum Gasteiger partial charge on any atom is -0.465 e. The summed E-state index contributed by atoms with van der Waals surface area (Å²) in [6, 6.07) is 8.49. The molecule has 22 heavy (non-hydrogen) atoms. The number of amides is 2. The van der Waals surface area contributed by atoms with Gasteiger partial charge in [-0.25, -0.2) is 18.4 Å². The quantitative estimate of drug-likeness (QED) is 0.854. The molecule has 0 heterocycles. The summed E-state index contributed by atoms with van der Waals surface area (Å²) in [6.07, 6.45) is 0. The van der Waals surface area contributed by atoms with E-state index >= 15 is 0 Å². The van der Waals surface area contributed by atoms with Gasteiger partial charge < -0.3 is 15.4 Å². The summed E-state index contributed by atoms with van der Waals surface area (Å²) in [5, 5.41) is 4.78. The molecule has 5 nitrogen and oxygen atoms in total. The molecule has 0 unspecified atom stereocenters. The van der Waals surface area contributed by atoms with Gasteiger partial charge in [0.15, 0.2) is 11.6 Å². The fraction of sp³-hybridized carbons (Fsp3) is 0.0667. The van der Waals surface area contributed by atoms with Crippen molar-refractivity contribution < 1.29 is 23.1 Å². The van der Waals surface area contributed by atoms with E-state index in [9.17, 15) is 18.4 Å². The van der Waals surface area contributed by atoms with Gasteiger partial charge in [0.2, 0.25) is 0 Å². The SMILES string of the molecule is COC(=O)c1ccccc1NC(=O)Nc1ccc(F)c(F)c1. The summed E-state index contributed by atoms with van der Waals surface area (Å²) in [5.74, 6) is -2.70. The van der Waals surface area contributed by atoms with Gasteiger partial charge in [0.25, 0.3) is 0 Å². The van der Waals surface area contributed by atoms with Crippen molar-refractivity contribution >= 4 is 23.4 Å². The number of esters is 1. The van der Waals surface area contributed by atoms with Crippen molar-refractivity contribution in [3.63, 3.8) is 0 Å². The first kappa shape index (κ1) is 15.4. The minimum absolute atomic E-state index is 0.0759. The van der Waals surface area contributed by atoms with Crippen LogP contribution in [-0.4, -0.2) is 19.1 Å². The monoisotopic (exact) mass is 306 g/mol. The van der Waals surface area contributed by atoms with E-state index in [-0.39, 0.29) is 16.9 Å². The van der Waals surface area contributed by atoms with E-state index in [0.29, 0.717) is 0 Å². The largest absolute Gasteiger partial charge is 0.465 e. The second kappa shape index (κ2) is 6.66. The maximum atomic E-state index is 13.1. The molecule has 0 fully saturated rings. The average Bonchev–Trinajstić information content (AvgIpc) is 2.50. The van der Waals surface area contributed by atoms with Gasteiger partial charge in [-0.3, -0.25) is 0 Å². The van der Waals surface area contributed by atoms with E-state index in [4.69, 9.17) is 0 Å². The number of hydrogen-bond acceptors (Lipinski definition) is 3. The van der Waals surface area contributed by atoms with E-state index in [0.717, 1.165) is 12.1 Å². The van der Waals surface area contributed by atoms with Crippen LogP contribution >= 0.6 is 0 Å². The number of carbonyl (C=O) groups excluding carboxylic acids is 2. The zero-order chi connectivity index (χ0) is 16.1. The van der Waals surface area contributed by atoms with Crippen LogP contribution in [0.3, 0.4) is 0 Å². The predicted octanol–water partition coefficient (Wildman–Crippen LogP) is 3.40. The zero-order valence-electron chi connectivity index (χ0n) is 11.5. The summed E-state index contributed by atoms with van der Waals surface area (Å²) in [5.41, 5.74) is 0.479. The van der Waals surface area contributed by atoms with Gasteiger partial charge in [-0.15, -0.1) is 0 Å². The van der Waals surface area contributed by atoms with Crippen molar-refractivity contribution in [2.75, 3.05) is 17.7 Å². The Morgan fingerprint density at radius 3 is 2.41 bits per heavy atom. The molecule has 2 rings (SSSR count). The van der Waals surface area contributed by atoms with E-state index in [2.05, 4.69) is 15.4 Å². The first-order chi connectivity index (χ1) is 10.5. The molecule has 0 aromatic heterocycles. The Labute approximate surface area is 124 Å². The molecule has 0 bridgehead atoms. The second-order valence-electron chi connectivity index (χ2n) is 4.25. The number of methoxy groups -OCH3 is 1. The number of urea groups is 1. The Bertz CT molecular complexity index is 720. The normalized spacial score (nSPS) is 9.95. The highest BCUT2D eigenvalue weighted by Crippen LogP contribution is 2.17. The number of halogens is 2. The molecule has 0 aliphatic rings. The van der Waals surface area contributed by atoms with E-state index in [1.807, 2.05) is 0 Å². The molecular formula is C15H12F2N2O3. The Hall–Kier alpha value is -2.96. The fourth-order valence-corrected chi connectivity index (χ4v) is 1.74. The number of rotatable bonds is 3. The third kappa shape index (κ3) is 3.57. The topological polar surface area (TPSA) is 67.4 Å². The molecule has 0 aliphatic carbocycles. The van der Waals surface area contributed by atoms with Gasteiger partial charge in [0, 0.05) is 11.8 Å². The molecule has 0 aliphatic heterocycles. The summed E-state index contributed by atoms with van der Waals surface area (Å²) in [7, 11) is 1.22. The smallest absolute Gasteiger partial charge is 0.339 e. The van der Waals surface area contributed by atoms with Gasteiger partial charge >= 0.3 is 12.0 Å². The molecule has 0 spiro atoms. The van der Waals surface area contributed by atoms with Crippen molar-refractivity contribution in [2.45, 2.75) is 0 Å². The van der Waals surface area contributed by atoms with E-state index in [1.165, 1.54) is 25.3 Å². The van der Waals surface area contributed by atoms with Crippen molar-refractivity contribution in [3.8, 4) is 0 Å². The Balaban J connectivity index is 2.12. The molecule has 114 valence electrons. The Kier molecular flexibility index (Phi) is 4.67. The molecule has 0 atom stereocenters. The third-order valence-corrected chi connectivity index (χ3v) is 2.76. The highest BCUT2D eigenvalue weighted by molar-refractivity contribution is 6.05. The Morgan fingerprint density at radius 2 is 1.73 bits per heavy atom. The van der Waals surface area contributed by atoms with Gasteiger partial charge in [0.1, 0.15) is 0 Å². The van der Waals surface area contributed by atoms with Crippen LogP contribution < -0.4 is 10.6 Å². The fourth-order valence-electron chi connectivity index (χ4n) is 1.74. The van der Waals surface area contributed by atoms with E-state index < -0.39 is 23.6 Å². The number of anilines is 2. The summed E-state index contributed by atoms with van der Waals surface area (Å²) < 4.78 is 30.5. The molecule has 2 aromatic carbocycles. The lowest BCUT2D eigenvalue weighted by atomic mass is 10.2. The van der Waals surface area contributed by atoms with Gasteiger partial charge in [-0.2, -0.15) is 0 Å². The lowest BCUT2D eigenvalue weighted by Crippen LogP contribution is -2.21. The summed E-state index contributed by atoms with van der Waals surface area (Å²) >= 11 is 0. The zero-order valence-corrected chi connectivity index (χ0v) is 11.5. The van der Waals surface area contributed by atoms with Crippen LogP contribution in [0.4, 0.5) is 25.0 Å². The van der Waals surface area contributed by atoms with Gasteiger partial charge in [-0.1, -0.05) is 12.1 Å². The minimum atomic E-state index is -1.08. The highest BCUT2D eigenvalue weighted by atomic mass is 19.2. The summed E-state index contributed by atoms with van der Waals surface area (Å²) in [4.78, 5) is 23.4. The number of nitrogens with one attached hydrogen (secondary N) is 2. The van der Waals surface area contributed by atoms with Crippen molar-refractivity contribution in [2.24, 2.45) is 0 Å². The van der Waals surface area contributed by atoms with Crippen LogP contribution in [0.2, 0.25) is 0 Å². The number of ether oxygens (including phenoxy) is 1. The van der Waals surface area contributed by atoms with Crippen LogP contribution in [0, 0.1) is 11.6 Å². The maximum absolute atomic E-state index is 13.1. The van der Waals surface area contributed by atoms with Gasteiger partial charge in [-0.05, 0) is 24.3 Å². The first-order valence-corrected chi connectivity index (χ1v) is 6.21.